The van der Waals surface area contributed by atoms with E-state index in [1.165, 1.54) is 5.56 Å². The van der Waals surface area contributed by atoms with Crippen LogP contribution in [0.25, 0.3) is 0 Å². The summed E-state index contributed by atoms with van der Waals surface area (Å²) in [6.07, 6.45) is 3.85. The number of hydrogen-bond donors (Lipinski definition) is 1. The quantitative estimate of drug-likeness (QED) is 0.935. The van der Waals surface area contributed by atoms with Crippen LogP contribution in [0.1, 0.15) is 23.0 Å². The maximum absolute atomic E-state index is 4.38. The van der Waals surface area contributed by atoms with Crippen LogP contribution >= 0.6 is 15.9 Å². The van der Waals surface area contributed by atoms with Crippen molar-refractivity contribution in [3.8, 4) is 0 Å². The van der Waals surface area contributed by atoms with Crippen LogP contribution in [0.5, 0.6) is 0 Å². The van der Waals surface area contributed by atoms with Crippen LogP contribution in [0, 0.1) is 6.92 Å². The van der Waals surface area contributed by atoms with Gasteiger partial charge in [0.15, 0.2) is 0 Å². The lowest BCUT2D eigenvalue weighted by Gasteiger charge is -2.16. The molecule has 17 heavy (non-hydrogen) atoms. The van der Waals surface area contributed by atoms with E-state index in [2.05, 4.69) is 31.4 Å². The Morgan fingerprint density at radius 3 is 2.53 bits per heavy atom. The number of halogens is 1. The van der Waals surface area contributed by atoms with Gasteiger partial charge in [0, 0.05) is 25.9 Å². The Bertz CT molecular complexity index is 508. The fraction of sp³-hybridized carbons (Fsp3) is 0.455. The van der Waals surface area contributed by atoms with E-state index in [-0.39, 0.29) is 6.04 Å². The van der Waals surface area contributed by atoms with Crippen LogP contribution in [-0.4, -0.2) is 26.6 Å². The summed E-state index contributed by atoms with van der Waals surface area (Å²) in [5.41, 5.74) is 3.29. The molecule has 0 aliphatic heterocycles. The van der Waals surface area contributed by atoms with Crippen LogP contribution in [-0.2, 0) is 14.1 Å². The number of rotatable bonds is 3. The smallest absolute Gasteiger partial charge is 0.0790 e. The molecule has 0 radical (unpaired) electrons. The van der Waals surface area contributed by atoms with Gasteiger partial charge in [0.2, 0.25) is 0 Å². The van der Waals surface area contributed by atoms with Gasteiger partial charge in [-0.05, 0) is 29.9 Å². The average molecular weight is 298 g/mol. The van der Waals surface area contributed by atoms with Gasteiger partial charge in [0.1, 0.15) is 0 Å². The van der Waals surface area contributed by atoms with E-state index in [0.717, 1.165) is 15.9 Å². The molecular formula is C11H16BrN5. The van der Waals surface area contributed by atoms with Crippen LogP contribution in [0.2, 0.25) is 0 Å². The van der Waals surface area contributed by atoms with E-state index >= 15 is 0 Å². The minimum atomic E-state index is 0.0885. The second-order valence-corrected chi connectivity index (χ2v) is 4.92. The Kier molecular flexibility index (Phi) is 3.35. The van der Waals surface area contributed by atoms with Gasteiger partial charge in [0.05, 0.1) is 28.1 Å². The zero-order chi connectivity index (χ0) is 12.6. The van der Waals surface area contributed by atoms with E-state index in [1.807, 2.05) is 49.8 Å². The predicted octanol–water partition coefficient (Wildman–Crippen LogP) is 1.53. The minimum absolute atomic E-state index is 0.0885. The van der Waals surface area contributed by atoms with Gasteiger partial charge in [-0.1, -0.05) is 0 Å². The summed E-state index contributed by atoms with van der Waals surface area (Å²) in [4.78, 5) is 0. The highest BCUT2D eigenvalue weighted by Crippen LogP contribution is 2.29. The van der Waals surface area contributed by atoms with Crippen molar-refractivity contribution >= 4 is 15.9 Å². The molecule has 1 atom stereocenters. The Morgan fingerprint density at radius 2 is 2.12 bits per heavy atom. The van der Waals surface area contributed by atoms with Gasteiger partial charge >= 0.3 is 0 Å². The van der Waals surface area contributed by atoms with Crippen molar-refractivity contribution in [3.05, 3.63) is 33.8 Å². The molecule has 2 aromatic rings. The molecule has 92 valence electrons. The van der Waals surface area contributed by atoms with Crippen molar-refractivity contribution in [2.75, 3.05) is 7.05 Å². The lowest BCUT2D eigenvalue weighted by molar-refractivity contribution is 0.601. The van der Waals surface area contributed by atoms with Crippen molar-refractivity contribution in [3.63, 3.8) is 0 Å². The number of aryl methyl sites for hydroxylation is 3. The van der Waals surface area contributed by atoms with E-state index in [1.54, 1.807) is 0 Å². The Hall–Kier alpha value is -1.14. The van der Waals surface area contributed by atoms with Crippen LogP contribution in [0.3, 0.4) is 0 Å². The zero-order valence-corrected chi connectivity index (χ0v) is 12.0. The molecule has 0 aliphatic carbocycles. The van der Waals surface area contributed by atoms with E-state index in [0.29, 0.717) is 0 Å². The largest absolute Gasteiger partial charge is 0.308 e. The van der Waals surface area contributed by atoms with Gasteiger partial charge < -0.3 is 5.32 Å². The van der Waals surface area contributed by atoms with E-state index < -0.39 is 0 Å². The highest BCUT2D eigenvalue weighted by atomic mass is 79.9. The maximum Gasteiger partial charge on any atom is 0.0790 e. The summed E-state index contributed by atoms with van der Waals surface area (Å²) in [7, 11) is 5.81. The van der Waals surface area contributed by atoms with Crippen LogP contribution in [0.4, 0.5) is 0 Å². The predicted molar refractivity (Wildman–Crippen MR) is 69.8 cm³/mol. The normalized spacial score (nSPS) is 13.0. The molecule has 6 heteroatoms. The molecular weight excluding hydrogens is 282 g/mol. The Morgan fingerprint density at radius 1 is 1.41 bits per heavy atom. The first kappa shape index (κ1) is 12.3. The van der Waals surface area contributed by atoms with Crippen molar-refractivity contribution in [2.24, 2.45) is 14.1 Å². The molecule has 1 unspecified atom stereocenters. The minimum Gasteiger partial charge on any atom is -0.308 e. The highest BCUT2D eigenvalue weighted by molar-refractivity contribution is 9.10. The van der Waals surface area contributed by atoms with Crippen molar-refractivity contribution in [1.82, 2.24) is 24.9 Å². The third-order valence-electron chi connectivity index (χ3n) is 2.86. The molecule has 5 nitrogen and oxygen atoms in total. The van der Waals surface area contributed by atoms with Gasteiger partial charge in [-0.25, -0.2) is 0 Å². The molecule has 1 N–H and O–H groups in total. The maximum atomic E-state index is 4.38. The van der Waals surface area contributed by atoms with Crippen LogP contribution in [0.15, 0.2) is 16.9 Å². The lowest BCUT2D eigenvalue weighted by atomic mass is 10.1. The summed E-state index contributed by atoms with van der Waals surface area (Å²) in [5.74, 6) is 0. The average Bonchev–Trinajstić information content (AvgIpc) is 2.76. The zero-order valence-electron chi connectivity index (χ0n) is 10.4. The SMILES string of the molecule is CNC(c1cn(C)nc1C)c1c(Br)cnn1C. The number of hydrogen-bond acceptors (Lipinski definition) is 3. The molecule has 0 aromatic carbocycles. The molecule has 2 heterocycles. The number of nitrogens with one attached hydrogen (secondary N) is 1. The number of aromatic nitrogens is 4. The van der Waals surface area contributed by atoms with Crippen molar-refractivity contribution < 1.29 is 0 Å². The van der Waals surface area contributed by atoms with Gasteiger partial charge in [-0.2, -0.15) is 10.2 Å². The fourth-order valence-corrected chi connectivity index (χ4v) is 2.66. The molecule has 2 rings (SSSR count). The number of nitrogens with zero attached hydrogens (tertiary/aromatic N) is 4. The van der Waals surface area contributed by atoms with Gasteiger partial charge in [-0.15, -0.1) is 0 Å². The summed E-state index contributed by atoms with van der Waals surface area (Å²) < 4.78 is 4.71. The third-order valence-corrected chi connectivity index (χ3v) is 3.47. The lowest BCUT2D eigenvalue weighted by Crippen LogP contribution is -2.21. The first-order valence-corrected chi connectivity index (χ1v) is 6.18. The molecule has 0 spiro atoms. The second kappa shape index (κ2) is 4.62. The monoisotopic (exact) mass is 297 g/mol. The molecule has 0 saturated carbocycles. The fourth-order valence-electron chi connectivity index (χ4n) is 2.09. The molecule has 0 aliphatic rings. The molecule has 2 aromatic heterocycles. The van der Waals surface area contributed by atoms with Gasteiger partial charge in [-0.3, -0.25) is 9.36 Å². The summed E-state index contributed by atoms with van der Waals surface area (Å²) >= 11 is 3.54. The van der Waals surface area contributed by atoms with Gasteiger partial charge in [0.25, 0.3) is 0 Å². The molecule has 0 amide bonds. The van der Waals surface area contributed by atoms with E-state index in [9.17, 15) is 0 Å². The Labute approximate surface area is 109 Å². The molecule has 0 fully saturated rings. The second-order valence-electron chi connectivity index (χ2n) is 4.07. The molecule has 0 saturated heterocycles. The van der Waals surface area contributed by atoms with Crippen molar-refractivity contribution in [2.45, 2.75) is 13.0 Å². The Balaban J connectivity index is 2.51. The summed E-state index contributed by atoms with van der Waals surface area (Å²) in [6, 6.07) is 0.0885. The molecule has 0 bridgehead atoms. The summed E-state index contributed by atoms with van der Waals surface area (Å²) in [6.45, 7) is 2.02. The summed E-state index contributed by atoms with van der Waals surface area (Å²) in [5, 5.41) is 11.9. The van der Waals surface area contributed by atoms with Crippen molar-refractivity contribution in [1.29, 1.82) is 0 Å². The third kappa shape index (κ3) is 2.14. The topological polar surface area (TPSA) is 47.7 Å². The first-order valence-electron chi connectivity index (χ1n) is 5.39. The van der Waals surface area contributed by atoms with Crippen LogP contribution < -0.4 is 5.32 Å². The highest BCUT2D eigenvalue weighted by Gasteiger charge is 2.22. The van der Waals surface area contributed by atoms with E-state index in [4.69, 9.17) is 0 Å². The first-order chi connectivity index (χ1) is 8.04. The standard InChI is InChI=1S/C11H16BrN5/c1-7-8(6-16(3)15-7)10(13-2)11-9(12)5-14-17(11)4/h5-6,10,13H,1-4H3.